The second kappa shape index (κ2) is 9.30. The fraction of sp³-hybridized carbons (Fsp3) is 0.316. The van der Waals surface area contributed by atoms with E-state index in [1.54, 1.807) is 19.1 Å². The normalized spacial score (nSPS) is 11.3. The molecule has 4 nitrogen and oxygen atoms in total. The van der Waals surface area contributed by atoms with Gasteiger partial charge in [0.1, 0.15) is 11.8 Å². The van der Waals surface area contributed by atoms with Gasteiger partial charge >= 0.3 is 0 Å². The molecule has 2 rings (SSSR count). The van der Waals surface area contributed by atoms with Crippen molar-refractivity contribution in [2.45, 2.75) is 19.4 Å². The third-order valence-corrected chi connectivity index (χ3v) is 3.99. The lowest BCUT2D eigenvalue weighted by Gasteiger charge is -2.22. The number of likely N-dealkylation sites (N-methyl/N-ethyl adjacent to an activating group) is 1. The zero-order valence-electron chi connectivity index (χ0n) is 14.4. The van der Waals surface area contributed by atoms with Gasteiger partial charge in [-0.3, -0.25) is 4.79 Å². The Morgan fingerprint density at radius 2 is 1.79 bits per heavy atom. The van der Waals surface area contributed by atoms with Gasteiger partial charge in [-0.1, -0.05) is 48.0 Å². The summed E-state index contributed by atoms with van der Waals surface area (Å²) in [5.41, 5.74) is 9.17. The van der Waals surface area contributed by atoms with Gasteiger partial charge in [0.05, 0.1) is 7.11 Å². The molecular weight excluding hydrogens is 324 g/mol. The van der Waals surface area contributed by atoms with Crippen LogP contribution in [0, 0.1) is 6.92 Å². The molecule has 0 saturated heterocycles. The fourth-order valence-corrected chi connectivity index (χ4v) is 2.46. The van der Waals surface area contributed by atoms with E-state index < -0.39 is 6.04 Å². The topological polar surface area (TPSA) is 55.6 Å². The summed E-state index contributed by atoms with van der Waals surface area (Å²) in [6.07, 6.45) is 0.729. The van der Waals surface area contributed by atoms with Gasteiger partial charge in [-0.15, -0.1) is 12.4 Å². The van der Waals surface area contributed by atoms with Crippen molar-refractivity contribution in [3.8, 4) is 5.75 Å². The molecular formula is C19H25ClN2O2. The van der Waals surface area contributed by atoms with Crippen LogP contribution in [0.5, 0.6) is 5.75 Å². The van der Waals surface area contributed by atoms with Crippen molar-refractivity contribution in [1.29, 1.82) is 0 Å². The van der Waals surface area contributed by atoms with Crippen LogP contribution in [0.4, 0.5) is 0 Å². The van der Waals surface area contributed by atoms with Crippen LogP contribution in [-0.2, 0) is 11.2 Å². The molecule has 5 heteroatoms. The van der Waals surface area contributed by atoms with E-state index in [0.29, 0.717) is 6.54 Å². The van der Waals surface area contributed by atoms with E-state index in [4.69, 9.17) is 10.5 Å². The van der Waals surface area contributed by atoms with E-state index in [9.17, 15) is 4.79 Å². The SMILES string of the molecule is COc1ccccc1CCN(C)C(=O)C(N)c1ccc(C)cc1.Cl. The summed E-state index contributed by atoms with van der Waals surface area (Å²) in [4.78, 5) is 14.2. The molecule has 24 heavy (non-hydrogen) atoms. The largest absolute Gasteiger partial charge is 0.496 e. The molecule has 0 aromatic heterocycles. The maximum absolute atomic E-state index is 12.5. The summed E-state index contributed by atoms with van der Waals surface area (Å²) in [7, 11) is 3.44. The van der Waals surface area contributed by atoms with Gasteiger partial charge < -0.3 is 15.4 Å². The number of para-hydroxylation sites is 1. The van der Waals surface area contributed by atoms with Crippen LogP contribution in [0.15, 0.2) is 48.5 Å². The molecule has 0 aliphatic carbocycles. The Morgan fingerprint density at radius 1 is 1.17 bits per heavy atom. The smallest absolute Gasteiger partial charge is 0.243 e. The summed E-state index contributed by atoms with van der Waals surface area (Å²) in [5, 5.41) is 0. The maximum Gasteiger partial charge on any atom is 0.243 e. The Balaban J connectivity index is 0.00000288. The number of methoxy groups -OCH3 is 1. The molecule has 0 aliphatic heterocycles. The lowest BCUT2D eigenvalue weighted by molar-refractivity contribution is -0.131. The number of hydrogen-bond donors (Lipinski definition) is 1. The molecule has 0 heterocycles. The van der Waals surface area contributed by atoms with E-state index in [1.165, 1.54) is 0 Å². The van der Waals surface area contributed by atoms with Crippen molar-refractivity contribution in [2.75, 3.05) is 20.7 Å². The standard InChI is InChI=1S/C19H24N2O2.ClH/c1-14-8-10-16(11-9-14)18(20)19(22)21(2)13-12-15-6-4-5-7-17(15)23-3;/h4-11,18H,12-13,20H2,1-3H3;1H. The Labute approximate surface area is 150 Å². The highest BCUT2D eigenvalue weighted by Gasteiger charge is 2.19. The first-order valence-corrected chi connectivity index (χ1v) is 7.72. The van der Waals surface area contributed by atoms with Crippen molar-refractivity contribution < 1.29 is 9.53 Å². The minimum atomic E-state index is -0.627. The molecule has 2 N–H and O–H groups in total. The first-order valence-electron chi connectivity index (χ1n) is 7.72. The molecule has 2 aromatic carbocycles. The number of aryl methyl sites for hydroxylation is 1. The van der Waals surface area contributed by atoms with Crippen LogP contribution in [-0.4, -0.2) is 31.5 Å². The van der Waals surface area contributed by atoms with Crippen molar-refractivity contribution in [2.24, 2.45) is 5.73 Å². The number of carbonyl (C=O) groups excluding carboxylic acids is 1. The quantitative estimate of drug-likeness (QED) is 0.872. The summed E-state index contributed by atoms with van der Waals surface area (Å²) in [6, 6.07) is 15.0. The van der Waals surface area contributed by atoms with Crippen molar-refractivity contribution >= 4 is 18.3 Å². The van der Waals surface area contributed by atoms with Crippen LogP contribution in [0.1, 0.15) is 22.7 Å². The van der Waals surface area contributed by atoms with Crippen LogP contribution < -0.4 is 10.5 Å². The van der Waals surface area contributed by atoms with Gasteiger partial charge in [-0.25, -0.2) is 0 Å². The van der Waals surface area contributed by atoms with Crippen LogP contribution >= 0.6 is 12.4 Å². The zero-order chi connectivity index (χ0) is 16.8. The van der Waals surface area contributed by atoms with Crippen molar-refractivity contribution in [3.05, 3.63) is 65.2 Å². The Bertz CT molecular complexity index is 659. The lowest BCUT2D eigenvalue weighted by Crippen LogP contribution is -2.37. The first kappa shape index (κ1) is 20.0. The van der Waals surface area contributed by atoms with Gasteiger partial charge in [-0.2, -0.15) is 0 Å². The second-order valence-electron chi connectivity index (χ2n) is 5.71. The van der Waals surface area contributed by atoms with E-state index in [1.807, 2.05) is 55.5 Å². The predicted octanol–water partition coefficient (Wildman–Crippen LogP) is 3.13. The molecule has 0 fully saturated rings. The number of carbonyl (C=O) groups is 1. The Hall–Kier alpha value is -2.04. The minimum absolute atomic E-state index is 0. The number of ether oxygens (including phenoxy) is 1. The highest BCUT2D eigenvalue weighted by molar-refractivity contribution is 5.85. The molecule has 0 aliphatic rings. The van der Waals surface area contributed by atoms with E-state index in [0.717, 1.165) is 28.9 Å². The third kappa shape index (κ3) is 4.98. The first-order chi connectivity index (χ1) is 11.0. The summed E-state index contributed by atoms with van der Waals surface area (Å²) in [6.45, 7) is 2.61. The lowest BCUT2D eigenvalue weighted by atomic mass is 10.0. The zero-order valence-corrected chi connectivity index (χ0v) is 15.2. The van der Waals surface area contributed by atoms with Gasteiger partial charge in [-0.05, 0) is 30.5 Å². The number of nitrogens with zero attached hydrogens (tertiary/aromatic N) is 1. The van der Waals surface area contributed by atoms with Crippen molar-refractivity contribution in [3.63, 3.8) is 0 Å². The third-order valence-electron chi connectivity index (χ3n) is 3.99. The Kier molecular flexibility index (Phi) is 7.75. The second-order valence-corrected chi connectivity index (χ2v) is 5.71. The van der Waals surface area contributed by atoms with Crippen molar-refractivity contribution in [1.82, 2.24) is 4.90 Å². The molecule has 0 radical (unpaired) electrons. The summed E-state index contributed by atoms with van der Waals surface area (Å²) in [5.74, 6) is 0.764. The molecule has 2 aromatic rings. The molecule has 1 amide bonds. The van der Waals surface area contributed by atoms with Gasteiger partial charge in [0.15, 0.2) is 0 Å². The van der Waals surface area contributed by atoms with E-state index in [2.05, 4.69) is 0 Å². The molecule has 1 unspecified atom stereocenters. The van der Waals surface area contributed by atoms with E-state index in [-0.39, 0.29) is 18.3 Å². The summed E-state index contributed by atoms with van der Waals surface area (Å²) >= 11 is 0. The van der Waals surface area contributed by atoms with Crippen LogP contribution in [0.25, 0.3) is 0 Å². The minimum Gasteiger partial charge on any atom is -0.496 e. The molecule has 1 atom stereocenters. The van der Waals surface area contributed by atoms with Crippen LogP contribution in [0.3, 0.4) is 0 Å². The average molecular weight is 349 g/mol. The molecule has 0 saturated carbocycles. The highest BCUT2D eigenvalue weighted by Crippen LogP contribution is 2.19. The van der Waals surface area contributed by atoms with Gasteiger partial charge in [0, 0.05) is 13.6 Å². The molecule has 130 valence electrons. The summed E-state index contributed by atoms with van der Waals surface area (Å²) < 4.78 is 5.34. The van der Waals surface area contributed by atoms with E-state index >= 15 is 0 Å². The predicted molar refractivity (Wildman–Crippen MR) is 99.7 cm³/mol. The number of halogens is 1. The van der Waals surface area contributed by atoms with Crippen LogP contribution in [0.2, 0.25) is 0 Å². The number of hydrogen-bond acceptors (Lipinski definition) is 3. The van der Waals surface area contributed by atoms with Gasteiger partial charge in [0.25, 0.3) is 0 Å². The maximum atomic E-state index is 12.5. The monoisotopic (exact) mass is 348 g/mol. The fourth-order valence-electron chi connectivity index (χ4n) is 2.46. The Morgan fingerprint density at radius 3 is 2.42 bits per heavy atom. The number of nitrogens with two attached hydrogens (primary N) is 1. The number of amides is 1. The van der Waals surface area contributed by atoms with Gasteiger partial charge in [0.2, 0.25) is 5.91 Å². The molecule has 0 spiro atoms. The highest BCUT2D eigenvalue weighted by atomic mass is 35.5. The molecule has 0 bridgehead atoms. The average Bonchev–Trinajstić information content (AvgIpc) is 2.59. The number of rotatable bonds is 6. The number of benzene rings is 2.